The van der Waals surface area contributed by atoms with Crippen molar-refractivity contribution in [2.24, 2.45) is 5.73 Å². The Morgan fingerprint density at radius 2 is 2.06 bits per heavy atom. The lowest BCUT2D eigenvalue weighted by molar-refractivity contribution is 0.1000. The Labute approximate surface area is 180 Å². The zero-order chi connectivity index (χ0) is 22.0. The van der Waals surface area contributed by atoms with Crippen molar-refractivity contribution in [3.8, 4) is 11.1 Å². The van der Waals surface area contributed by atoms with Gasteiger partial charge in [0, 0.05) is 48.3 Å². The molecule has 9 nitrogen and oxygen atoms in total. The van der Waals surface area contributed by atoms with Gasteiger partial charge in [-0.05, 0) is 44.7 Å². The van der Waals surface area contributed by atoms with Crippen LogP contribution in [0.1, 0.15) is 54.6 Å². The number of aliphatic hydroxyl groups is 1. The first kappa shape index (κ1) is 21.2. The summed E-state index contributed by atoms with van der Waals surface area (Å²) >= 11 is 0. The summed E-state index contributed by atoms with van der Waals surface area (Å²) in [6.45, 7) is 2.54. The predicted molar refractivity (Wildman–Crippen MR) is 117 cm³/mol. The van der Waals surface area contributed by atoms with Crippen molar-refractivity contribution >= 4 is 17.4 Å². The van der Waals surface area contributed by atoms with Crippen LogP contribution in [-0.2, 0) is 4.74 Å². The minimum absolute atomic E-state index is 0.0576. The van der Waals surface area contributed by atoms with Gasteiger partial charge in [0.25, 0.3) is 0 Å². The number of aliphatic hydroxyl groups excluding tert-OH is 1. The van der Waals surface area contributed by atoms with E-state index in [9.17, 15) is 9.90 Å². The van der Waals surface area contributed by atoms with Gasteiger partial charge in [0.15, 0.2) is 0 Å². The van der Waals surface area contributed by atoms with E-state index in [2.05, 4.69) is 21.4 Å². The first-order chi connectivity index (χ1) is 15.0. The maximum Gasteiger partial charge on any atom is 0.250 e. The predicted octanol–water partition coefficient (Wildman–Crippen LogP) is 2.36. The lowest BCUT2D eigenvalue weighted by Gasteiger charge is -2.25. The number of fused-ring (bicyclic) bond motifs is 1. The lowest BCUT2D eigenvalue weighted by atomic mass is 9.85. The average Bonchev–Trinajstić information content (AvgIpc) is 3.13. The van der Waals surface area contributed by atoms with Crippen molar-refractivity contribution in [2.45, 2.75) is 50.7 Å². The first-order valence-electron chi connectivity index (χ1n) is 10.5. The quantitative estimate of drug-likeness (QED) is 0.531. The van der Waals surface area contributed by atoms with E-state index in [0.29, 0.717) is 18.1 Å². The Balaban J connectivity index is 1.79. The summed E-state index contributed by atoms with van der Waals surface area (Å²) in [5, 5.41) is 18.0. The summed E-state index contributed by atoms with van der Waals surface area (Å²) < 4.78 is 7.11. The highest BCUT2D eigenvalue weighted by Crippen LogP contribution is 2.37. The van der Waals surface area contributed by atoms with Crippen molar-refractivity contribution < 1.29 is 14.6 Å². The molecule has 164 valence electrons. The Bertz CT molecular complexity index is 1070. The number of anilines is 1. The van der Waals surface area contributed by atoms with Gasteiger partial charge >= 0.3 is 0 Å². The molecule has 0 saturated heterocycles. The monoisotopic (exact) mass is 424 g/mol. The van der Waals surface area contributed by atoms with E-state index in [0.717, 1.165) is 48.0 Å². The summed E-state index contributed by atoms with van der Waals surface area (Å²) in [5.74, 6) is 0.269. The molecule has 3 aromatic heterocycles. The van der Waals surface area contributed by atoms with Crippen molar-refractivity contribution in [1.82, 2.24) is 19.6 Å². The van der Waals surface area contributed by atoms with Crippen molar-refractivity contribution in [3.05, 3.63) is 42.0 Å². The second-order valence-electron chi connectivity index (χ2n) is 8.19. The third-order valence-electron chi connectivity index (χ3n) is 5.79. The average molecular weight is 425 g/mol. The van der Waals surface area contributed by atoms with E-state index >= 15 is 0 Å². The van der Waals surface area contributed by atoms with Crippen LogP contribution in [0.25, 0.3) is 16.6 Å². The molecule has 1 fully saturated rings. The van der Waals surface area contributed by atoms with Crippen molar-refractivity contribution in [3.63, 3.8) is 0 Å². The first-order valence-corrected chi connectivity index (χ1v) is 10.5. The van der Waals surface area contributed by atoms with Crippen LogP contribution in [-0.4, -0.2) is 56.5 Å². The van der Waals surface area contributed by atoms with E-state index in [1.165, 1.54) is 6.20 Å². The van der Waals surface area contributed by atoms with Crippen LogP contribution in [0.15, 0.2) is 30.7 Å². The van der Waals surface area contributed by atoms with Crippen LogP contribution in [0, 0.1) is 0 Å². The molecule has 0 aliphatic heterocycles. The Morgan fingerprint density at radius 1 is 1.29 bits per heavy atom. The van der Waals surface area contributed by atoms with E-state index in [1.54, 1.807) is 25.6 Å². The van der Waals surface area contributed by atoms with E-state index in [4.69, 9.17) is 15.6 Å². The largest absolute Gasteiger partial charge is 0.393 e. The zero-order valence-corrected chi connectivity index (χ0v) is 17.8. The minimum atomic E-state index is -0.519. The molecule has 1 aliphatic carbocycles. The molecule has 1 amide bonds. The summed E-state index contributed by atoms with van der Waals surface area (Å²) in [7, 11) is 1.66. The standard InChI is InChI=1S/C22H28N6O3/c1-13(12-31-2)26-22-25-11-20-18(15-7-16(21(23)30)10-24-9-15)8-19(28(20)27-22)14-3-5-17(29)6-4-14/h7-11,13-14,17,29H,3-6,12H2,1-2H3,(H2,23,30)(H,26,27)/t13-,14?,17?/m0/s1. The highest BCUT2D eigenvalue weighted by molar-refractivity contribution is 5.94. The maximum absolute atomic E-state index is 11.6. The maximum atomic E-state index is 11.6. The molecule has 0 spiro atoms. The summed E-state index contributed by atoms with van der Waals surface area (Å²) in [5.41, 5.74) is 9.37. The van der Waals surface area contributed by atoms with Crippen LogP contribution in [0.4, 0.5) is 5.95 Å². The Hall–Kier alpha value is -3.04. The Morgan fingerprint density at radius 3 is 2.77 bits per heavy atom. The molecule has 31 heavy (non-hydrogen) atoms. The van der Waals surface area contributed by atoms with Gasteiger partial charge in [-0.25, -0.2) is 9.50 Å². The van der Waals surface area contributed by atoms with Gasteiger partial charge in [-0.1, -0.05) is 0 Å². The molecule has 4 rings (SSSR count). The molecular formula is C22H28N6O3. The van der Waals surface area contributed by atoms with Gasteiger partial charge in [0.1, 0.15) is 0 Å². The van der Waals surface area contributed by atoms with E-state index < -0.39 is 5.91 Å². The number of hydrogen-bond acceptors (Lipinski definition) is 7. The number of nitrogens with one attached hydrogen (secondary N) is 1. The fourth-order valence-electron chi connectivity index (χ4n) is 4.21. The number of carbonyl (C=O) groups is 1. The van der Waals surface area contributed by atoms with Crippen molar-refractivity contribution in [2.75, 3.05) is 19.0 Å². The van der Waals surface area contributed by atoms with E-state index in [1.807, 2.05) is 11.4 Å². The third-order valence-corrected chi connectivity index (χ3v) is 5.79. The number of aromatic nitrogens is 4. The fraction of sp³-hybridized carbons (Fsp3) is 0.455. The molecule has 1 atom stereocenters. The van der Waals surface area contributed by atoms with Gasteiger partial charge in [-0.3, -0.25) is 9.78 Å². The zero-order valence-electron chi connectivity index (χ0n) is 17.8. The van der Waals surface area contributed by atoms with E-state index in [-0.39, 0.29) is 18.1 Å². The number of nitrogens with zero attached hydrogens (tertiary/aromatic N) is 4. The molecule has 1 saturated carbocycles. The van der Waals surface area contributed by atoms with Gasteiger partial charge in [0.2, 0.25) is 11.9 Å². The SMILES string of the molecule is COC[C@H](C)Nc1ncc2c(-c3cncc(C(N)=O)c3)cc(C3CCC(O)CC3)n2n1. The molecule has 0 radical (unpaired) electrons. The molecule has 3 heterocycles. The van der Waals surface area contributed by atoms with Crippen LogP contribution >= 0.6 is 0 Å². The molecule has 9 heteroatoms. The topological polar surface area (TPSA) is 128 Å². The number of methoxy groups -OCH3 is 1. The van der Waals surface area contributed by atoms with Gasteiger partial charge in [0.05, 0.1) is 30.0 Å². The lowest BCUT2D eigenvalue weighted by Crippen LogP contribution is -2.23. The number of hydrogen-bond donors (Lipinski definition) is 3. The van der Waals surface area contributed by atoms with Gasteiger partial charge < -0.3 is 20.9 Å². The smallest absolute Gasteiger partial charge is 0.250 e. The molecule has 0 bridgehead atoms. The van der Waals surface area contributed by atoms with Gasteiger partial charge in [-0.2, -0.15) is 0 Å². The number of carbonyl (C=O) groups excluding carboxylic acids is 1. The second-order valence-corrected chi connectivity index (χ2v) is 8.19. The number of primary amides is 1. The fourth-order valence-corrected chi connectivity index (χ4v) is 4.21. The number of rotatable bonds is 7. The minimum Gasteiger partial charge on any atom is -0.393 e. The molecule has 0 aromatic carbocycles. The number of pyridine rings is 1. The summed E-state index contributed by atoms with van der Waals surface area (Å²) in [4.78, 5) is 20.3. The van der Waals surface area contributed by atoms with Crippen LogP contribution in [0.2, 0.25) is 0 Å². The normalized spacial score (nSPS) is 20.0. The van der Waals surface area contributed by atoms with Crippen molar-refractivity contribution in [1.29, 1.82) is 0 Å². The van der Waals surface area contributed by atoms with Crippen LogP contribution < -0.4 is 11.1 Å². The molecule has 3 aromatic rings. The van der Waals surface area contributed by atoms with Crippen LogP contribution in [0.5, 0.6) is 0 Å². The molecule has 1 aliphatic rings. The number of amides is 1. The Kier molecular flexibility index (Phi) is 6.15. The molecule has 0 unspecified atom stereocenters. The highest BCUT2D eigenvalue weighted by Gasteiger charge is 2.26. The summed E-state index contributed by atoms with van der Waals surface area (Å²) in [6, 6.07) is 3.89. The third kappa shape index (κ3) is 4.52. The highest BCUT2D eigenvalue weighted by atomic mass is 16.5. The number of ether oxygens (including phenoxy) is 1. The molecule has 4 N–H and O–H groups in total. The summed E-state index contributed by atoms with van der Waals surface area (Å²) in [6.07, 6.45) is 8.03. The number of nitrogens with two attached hydrogens (primary N) is 1. The molecular weight excluding hydrogens is 396 g/mol. The second kappa shape index (κ2) is 8.99. The van der Waals surface area contributed by atoms with Crippen LogP contribution in [0.3, 0.4) is 0 Å². The van der Waals surface area contributed by atoms with Gasteiger partial charge in [-0.15, -0.1) is 5.10 Å².